The Morgan fingerprint density at radius 1 is 1.16 bits per heavy atom. The molecular formula is C29H33F2N7O5. The van der Waals surface area contributed by atoms with Gasteiger partial charge < -0.3 is 30.6 Å². The molecule has 3 heterocycles. The summed E-state index contributed by atoms with van der Waals surface area (Å²) in [5.41, 5.74) is 6.51. The van der Waals surface area contributed by atoms with Gasteiger partial charge in [0.25, 0.3) is 0 Å². The molecule has 0 aliphatic rings. The number of nitrogen functional groups attached to an aromatic ring is 1. The zero-order valence-corrected chi connectivity index (χ0v) is 24.4. The van der Waals surface area contributed by atoms with Crippen molar-refractivity contribution in [3.63, 3.8) is 0 Å². The minimum Gasteiger partial charge on any atom is -0.473 e. The number of benzene rings is 1. The maximum atomic E-state index is 15.0. The molecule has 43 heavy (non-hydrogen) atoms. The van der Waals surface area contributed by atoms with Gasteiger partial charge in [0.05, 0.1) is 31.1 Å². The summed E-state index contributed by atoms with van der Waals surface area (Å²) in [5.74, 6) is -1.67. The second kappa shape index (κ2) is 12.9. The van der Waals surface area contributed by atoms with Crippen LogP contribution in [0.2, 0.25) is 0 Å². The number of fused-ring (bicyclic) bond motifs is 1. The third-order valence-electron chi connectivity index (χ3n) is 5.91. The molecule has 12 nitrogen and oxygen atoms in total. The van der Waals surface area contributed by atoms with Gasteiger partial charge in [0.15, 0.2) is 5.65 Å². The summed E-state index contributed by atoms with van der Waals surface area (Å²) in [4.78, 5) is 33.2. The molecule has 14 heteroatoms. The molecule has 0 saturated carbocycles. The standard InChI is InChI=1S/C29H33F2N7O5/c1-6-41-27(39)20-15-36-38-23(32)22(19-9-7-8-10-21(19)31)24(37-25(20)38)33-13-17-11-18(30)14-34-26(17)42-16(2)12-35-28(40)43-29(3,4)5/h7-11,14-16H,6,12-13,32H2,1-5H3,(H,33,37)(H,35,40)/t16-/m0/s1. The fraction of sp³-hybridized carbons (Fsp3) is 0.345. The van der Waals surface area contributed by atoms with Gasteiger partial charge in [0, 0.05) is 17.7 Å². The van der Waals surface area contributed by atoms with Gasteiger partial charge in [-0.25, -0.2) is 28.3 Å². The first-order chi connectivity index (χ1) is 20.4. The third kappa shape index (κ3) is 7.45. The van der Waals surface area contributed by atoms with Crippen molar-refractivity contribution in [1.82, 2.24) is 24.9 Å². The van der Waals surface area contributed by atoms with E-state index in [4.69, 9.17) is 19.9 Å². The molecule has 0 bridgehead atoms. The second-order valence-electron chi connectivity index (χ2n) is 10.5. The Morgan fingerprint density at radius 2 is 1.91 bits per heavy atom. The van der Waals surface area contributed by atoms with Crippen LogP contribution in [-0.2, 0) is 16.0 Å². The lowest BCUT2D eigenvalue weighted by atomic mass is 10.1. The average molecular weight is 598 g/mol. The van der Waals surface area contributed by atoms with Crippen molar-refractivity contribution in [3.05, 3.63) is 65.5 Å². The number of nitrogens with one attached hydrogen (secondary N) is 2. The molecule has 4 rings (SSSR count). The van der Waals surface area contributed by atoms with Crippen LogP contribution in [0.1, 0.15) is 50.5 Å². The van der Waals surface area contributed by atoms with Crippen LogP contribution in [0.3, 0.4) is 0 Å². The molecule has 0 aliphatic carbocycles. The molecule has 0 aliphatic heterocycles. The number of pyridine rings is 1. The molecule has 1 aromatic carbocycles. The smallest absolute Gasteiger partial charge is 0.407 e. The number of halogens is 2. The summed E-state index contributed by atoms with van der Waals surface area (Å²) in [7, 11) is 0. The Hall–Kier alpha value is -5.01. The maximum absolute atomic E-state index is 15.0. The first-order valence-corrected chi connectivity index (χ1v) is 13.5. The average Bonchev–Trinajstić information content (AvgIpc) is 3.36. The van der Waals surface area contributed by atoms with Crippen molar-refractivity contribution < 1.29 is 32.6 Å². The molecule has 1 amide bonds. The molecule has 4 aromatic rings. The summed E-state index contributed by atoms with van der Waals surface area (Å²) >= 11 is 0. The summed E-state index contributed by atoms with van der Waals surface area (Å²) < 4.78 is 46.7. The van der Waals surface area contributed by atoms with Crippen LogP contribution in [-0.4, -0.2) is 56.5 Å². The normalized spacial score (nSPS) is 12.1. The number of carbonyl (C=O) groups excluding carboxylic acids is 2. The number of aromatic nitrogens is 4. The Labute approximate surface area is 246 Å². The van der Waals surface area contributed by atoms with Gasteiger partial charge in [-0.2, -0.15) is 9.61 Å². The van der Waals surface area contributed by atoms with Crippen molar-refractivity contribution in [2.45, 2.75) is 52.9 Å². The number of carbonyl (C=O) groups is 2. The van der Waals surface area contributed by atoms with E-state index in [1.165, 1.54) is 35.0 Å². The summed E-state index contributed by atoms with van der Waals surface area (Å²) in [5, 5.41) is 9.84. The SMILES string of the molecule is CCOC(=O)c1cnn2c(N)c(-c3ccccc3F)c(NCc3cc(F)cnc3O[C@@H](C)CNC(=O)OC(C)(C)C)nc12. The number of ether oxygens (including phenoxy) is 3. The molecule has 228 valence electrons. The molecule has 0 fully saturated rings. The fourth-order valence-corrected chi connectivity index (χ4v) is 4.08. The quantitative estimate of drug-likeness (QED) is 0.219. The van der Waals surface area contributed by atoms with Gasteiger partial charge in [0.2, 0.25) is 5.88 Å². The van der Waals surface area contributed by atoms with E-state index in [0.717, 1.165) is 6.20 Å². The van der Waals surface area contributed by atoms with Gasteiger partial charge in [-0.3, -0.25) is 0 Å². The fourth-order valence-electron chi connectivity index (χ4n) is 4.08. The number of amides is 1. The van der Waals surface area contributed by atoms with Gasteiger partial charge in [-0.15, -0.1) is 0 Å². The summed E-state index contributed by atoms with van der Waals surface area (Å²) in [6.07, 6.45) is 1.08. The number of anilines is 2. The van der Waals surface area contributed by atoms with Gasteiger partial charge in [0.1, 0.15) is 40.5 Å². The van der Waals surface area contributed by atoms with E-state index in [0.29, 0.717) is 5.56 Å². The number of nitrogens with two attached hydrogens (primary N) is 1. The van der Waals surface area contributed by atoms with Crippen molar-refractivity contribution in [3.8, 4) is 17.0 Å². The zero-order chi connectivity index (χ0) is 31.3. The number of esters is 1. The highest BCUT2D eigenvalue weighted by Gasteiger charge is 2.24. The molecule has 0 spiro atoms. The van der Waals surface area contributed by atoms with E-state index in [1.807, 2.05) is 0 Å². The lowest BCUT2D eigenvalue weighted by Crippen LogP contribution is -2.37. The van der Waals surface area contributed by atoms with Crippen LogP contribution in [0.25, 0.3) is 16.8 Å². The molecule has 1 atom stereocenters. The van der Waals surface area contributed by atoms with Gasteiger partial charge in [-0.1, -0.05) is 18.2 Å². The number of alkyl carbamates (subject to hydrolysis) is 1. The van der Waals surface area contributed by atoms with Crippen LogP contribution in [0.15, 0.2) is 42.7 Å². The van der Waals surface area contributed by atoms with Crippen molar-refractivity contribution in [2.24, 2.45) is 0 Å². The Morgan fingerprint density at radius 3 is 2.60 bits per heavy atom. The summed E-state index contributed by atoms with van der Waals surface area (Å²) in [6, 6.07) is 7.17. The minimum atomic E-state index is -0.665. The van der Waals surface area contributed by atoms with E-state index in [9.17, 15) is 18.4 Å². The van der Waals surface area contributed by atoms with Crippen LogP contribution in [0, 0.1) is 11.6 Å². The molecule has 4 N–H and O–H groups in total. The Balaban J connectivity index is 1.65. The molecule has 0 radical (unpaired) electrons. The topological polar surface area (TPSA) is 155 Å². The van der Waals surface area contributed by atoms with E-state index in [2.05, 4.69) is 25.7 Å². The first-order valence-electron chi connectivity index (χ1n) is 13.5. The van der Waals surface area contributed by atoms with E-state index in [-0.39, 0.29) is 59.5 Å². The largest absolute Gasteiger partial charge is 0.473 e. The lowest BCUT2D eigenvalue weighted by Gasteiger charge is -2.21. The number of nitrogens with zero attached hydrogens (tertiary/aromatic N) is 4. The number of hydrogen-bond donors (Lipinski definition) is 3. The predicted molar refractivity (Wildman–Crippen MR) is 155 cm³/mol. The third-order valence-corrected chi connectivity index (χ3v) is 5.91. The van der Waals surface area contributed by atoms with Crippen molar-refractivity contribution in [2.75, 3.05) is 24.2 Å². The Bertz CT molecular complexity index is 1640. The van der Waals surface area contributed by atoms with Crippen molar-refractivity contribution >= 4 is 29.3 Å². The van der Waals surface area contributed by atoms with Crippen LogP contribution < -0.4 is 21.1 Å². The minimum absolute atomic E-state index is 0.00355. The van der Waals surface area contributed by atoms with Crippen LogP contribution in [0.4, 0.5) is 25.2 Å². The van der Waals surface area contributed by atoms with E-state index >= 15 is 0 Å². The molecule has 0 unspecified atom stereocenters. The highest BCUT2D eigenvalue weighted by atomic mass is 19.1. The van der Waals surface area contributed by atoms with Gasteiger partial charge >= 0.3 is 12.1 Å². The monoisotopic (exact) mass is 597 g/mol. The molecule has 0 saturated heterocycles. The zero-order valence-electron chi connectivity index (χ0n) is 24.4. The Kier molecular flexibility index (Phi) is 9.27. The second-order valence-corrected chi connectivity index (χ2v) is 10.5. The van der Waals surface area contributed by atoms with E-state index < -0.39 is 35.4 Å². The maximum Gasteiger partial charge on any atom is 0.407 e. The van der Waals surface area contributed by atoms with Crippen LogP contribution in [0.5, 0.6) is 5.88 Å². The highest BCUT2D eigenvalue weighted by Crippen LogP contribution is 2.36. The number of rotatable bonds is 10. The highest BCUT2D eigenvalue weighted by molar-refractivity contribution is 5.97. The first kappa shape index (κ1) is 30.9. The lowest BCUT2D eigenvalue weighted by molar-refractivity contribution is 0.0500. The predicted octanol–water partition coefficient (Wildman–Crippen LogP) is 4.73. The van der Waals surface area contributed by atoms with Crippen molar-refractivity contribution in [1.29, 1.82) is 0 Å². The van der Waals surface area contributed by atoms with Crippen LogP contribution >= 0.6 is 0 Å². The van der Waals surface area contributed by atoms with Gasteiger partial charge in [-0.05, 0) is 46.8 Å². The van der Waals surface area contributed by atoms with E-state index in [1.54, 1.807) is 40.7 Å². The summed E-state index contributed by atoms with van der Waals surface area (Å²) in [6.45, 7) is 8.73. The number of hydrogen-bond acceptors (Lipinski definition) is 10. The molecular weight excluding hydrogens is 564 g/mol. The molecule has 3 aromatic heterocycles.